The fourth-order valence-electron chi connectivity index (χ4n) is 1.40. The van der Waals surface area contributed by atoms with E-state index >= 15 is 0 Å². The van der Waals surface area contributed by atoms with Gasteiger partial charge in [-0.1, -0.05) is 0 Å². The zero-order valence-electron chi connectivity index (χ0n) is 10.3. The number of nitrogens with one attached hydrogen (secondary N) is 1. The van der Waals surface area contributed by atoms with E-state index in [0.717, 1.165) is 0 Å². The molecule has 2 amide bonds. The maximum Gasteiger partial charge on any atom is 0.328 e. The molecule has 7 nitrogen and oxygen atoms in total. The van der Waals surface area contributed by atoms with Crippen LogP contribution >= 0.6 is 0 Å². The van der Waals surface area contributed by atoms with E-state index < -0.39 is 24.6 Å². The molecule has 2 atom stereocenters. The third-order valence-corrected chi connectivity index (χ3v) is 2.32. The molecule has 0 aliphatic rings. The van der Waals surface area contributed by atoms with Crippen LogP contribution in [0.4, 0.5) is 4.79 Å². The van der Waals surface area contributed by atoms with Crippen LogP contribution in [0, 0.1) is 0 Å². The topological polar surface area (TPSA) is 99.1 Å². The number of carbonyl (C=O) groups excluding carboxylic acids is 1. The molecule has 0 aliphatic carbocycles. The second-order valence-electron chi connectivity index (χ2n) is 3.61. The minimum Gasteiger partial charge on any atom is -0.480 e. The Morgan fingerprint density at radius 1 is 1.47 bits per heavy atom. The van der Waals surface area contributed by atoms with Crippen molar-refractivity contribution in [1.29, 1.82) is 0 Å². The van der Waals surface area contributed by atoms with Crippen molar-refractivity contribution in [2.45, 2.75) is 25.9 Å². The van der Waals surface area contributed by atoms with Gasteiger partial charge >= 0.3 is 12.0 Å². The van der Waals surface area contributed by atoms with E-state index in [1.807, 2.05) is 0 Å². The Kier molecular flexibility index (Phi) is 7.24. The first-order chi connectivity index (χ1) is 7.97. The zero-order chi connectivity index (χ0) is 13.4. The van der Waals surface area contributed by atoms with E-state index in [1.165, 1.54) is 12.0 Å². The number of methoxy groups -OCH3 is 1. The van der Waals surface area contributed by atoms with E-state index in [1.54, 1.807) is 13.8 Å². The number of aliphatic hydroxyl groups excluding tert-OH is 1. The minimum absolute atomic E-state index is 0.168. The third kappa shape index (κ3) is 5.01. The van der Waals surface area contributed by atoms with Crippen molar-refractivity contribution in [2.24, 2.45) is 0 Å². The van der Waals surface area contributed by atoms with Crippen LogP contribution in [0.25, 0.3) is 0 Å². The number of urea groups is 1. The highest BCUT2D eigenvalue weighted by Gasteiger charge is 2.24. The molecule has 0 saturated carbocycles. The fraction of sp³-hybridized carbons (Fsp3) is 0.800. The SMILES string of the molecule is CCN(C(=O)NC(CO)C(=O)O)C(C)COC. The highest BCUT2D eigenvalue weighted by Crippen LogP contribution is 2.00. The summed E-state index contributed by atoms with van der Waals surface area (Å²) in [7, 11) is 1.52. The molecule has 3 N–H and O–H groups in total. The Morgan fingerprint density at radius 2 is 2.06 bits per heavy atom. The summed E-state index contributed by atoms with van der Waals surface area (Å²) in [5, 5.41) is 19.7. The van der Waals surface area contributed by atoms with Crippen LogP contribution in [0.2, 0.25) is 0 Å². The van der Waals surface area contributed by atoms with Crippen molar-refractivity contribution < 1.29 is 24.5 Å². The van der Waals surface area contributed by atoms with Crippen molar-refractivity contribution in [1.82, 2.24) is 10.2 Å². The van der Waals surface area contributed by atoms with Crippen LogP contribution in [0.3, 0.4) is 0 Å². The second-order valence-corrected chi connectivity index (χ2v) is 3.61. The molecule has 2 unspecified atom stereocenters. The molecule has 0 aromatic carbocycles. The number of hydrogen-bond acceptors (Lipinski definition) is 4. The normalized spacial score (nSPS) is 13.9. The van der Waals surface area contributed by atoms with Gasteiger partial charge < -0.3 is 25.2 Å². The van der Waals surface area contributed by atoms with Gasteiger partial charge in [0.05, 0.1) is 19.3 Å². The second kappa shape index (κ2) is 7.86. The van der Waals surface area contributed by atoms with Gasteiger partial charge in [0.25, 0.3) is 0 Å². The average molecular weight is 248 g/mol. The highest BCUT2D eigenvalue weighted by molar-refractivity contribution is 5.82. The summed E-state index contributed by atoms with van der Waals surface area (Å²) in [4.78, 5) is 23.8. The molecule has 0 bridgehead atoms. The Labute approximate surface area is 100 Å². The number of nitrogens with zero attached hydrogens (tertiary/aromatic N) is 1. The summed E-state index contributed by atoms with van der Waals surface area (Å²) in [5.74, 6) is -1.27. The molecule has 7 heteroatoms. The highest BCUT2D eigenvalue weighted by atomic mass is 16.5. The number of carboxylic acids is 1. The van der Waals surface area contributed by atoms with Gasteiger partial charge in [-0.15, -0.1) is 0 Å². The number of aliphatic hydroxyl groups is 1. The lowest BCUT2D eigenvalue weighted by Crippen LogP contribution is -2.52. The Bertz CT molecular complexity index is 259. The summed E-state index contributed by atoms with van der Waals surface area (Å²) in [6, 6.07) is -1.98. The van der Waals surface area contributed by atoms with Crippen molar-refractivity contribution in [3.63, 3.8) is 0 Å². The predicted octanol–water partition coefficient (Wildman–Crippen LogP) is -0.502. The molecular formula is C10H20N2O5. The van der Waals surface area contributed by atoms with Crippen LogP contribution < -0.4 is 5.32 Å². The number of hydrogen-bond donors (Lipinski definition) is 3. The summed E-state index contributed by atoms with van der Waals surface area (Å²) in [6.07, 6.45) is 0. The molecule has 0 spiro atoms. The van der Waals surface area contributed by atoms with E-state index in [9.17, 15) is 9.59 Å². The Balaban J connectivity index is 4.48. The maximum atomic E-state index is 11.7. The lowest BCUT2D eigenvalue weighted by Gasteiger charge is -2.28. The van der Waals surface area contributed by atoms with Crippen LogP contribution in [-0.4, -0.2) is 66.1 Å². The van der Waals surface area contributed by atoms with E-state index in [4.69, 9.17) is 14.9 Å². The van der Waals surface area contributed by atoms with Gasteiger partial charge in [0.2, 0.25) is 0 Å². The van der Waals surface area contributed by atoms with Crippen molar-refractivity contribution in [3.8, 4) is 0 Å². The summed E-state index contributed by atoms with van der Waals surface area (Å²) in [5.41, 5.74) is 0. The minimum atomic E-state index is -1.29. The molecular weight excluding hydrogens is 228 g/mol. The van der Waals surface area contributed by atoms with Crippen molar-refractivity contribution >= 4 is 12.0 Å². The van der Waals surface area contributed by atoms with Crippen molar-refractivity contribution in [2.75, 3.05) is 26.9 Å². The standard InChI is InChI=1S/C10H20N2O5/c1-4-12(7(2)6-17-3)10(16)11-8(5-13)9(14)15/h7-8,13H,4-6H2,1-3H3,(H,11,16)(H,14,15). The van der Waals surface area contributed by atoms with Crippen LogP contribution in [-0.2, 0) is 9.53 Å². The number of rotatable bonds is 7. The number of carboxylic acid groups (broad SMARTS) is 1. The number of aliphatic carboxylic acids is 1. The predicted molar refractivity (Wildman–Crippen MR) is 60.8 cm³/mol. The first kappa shape index (κ1) is 15.7. The summed E-state index contributed by atoms with van der Waals surface area (Å²) in [6.45, 7) is 3.71. The Hall–Kier alpha value is -1.34. The molecule has 17 heavy (non-hydrogen) atoms. The van der Waals surface area contributed by atoms with Gasteiger partial charge in [-0.25, -0.2) is 9.59 Å². The smallest absolute Gasteiger partial charge is 0.328 e. The zero-order valence-corrected chi connectivity index (χ0v) is 10.3. The molecule has 0 radical (unpaired) electrons. The average Bonchev–Trinajstić information content (AvgIpc) is 2.26. The third-order valence-electron chi connectivity index (χ3n) is 2.32. The quantitative estimate of drug-likeness (QED) is 0.564. The van der Waals surface area contributed by atoms with Crippen LogP contribution in [0.15, 0.2) is 0 Å². The van der Waals surface area contributed by atoms with Gasteiger partial charge in [-0.3, -0.25) is 0 Å². The number of ether oxygens (including phenoxy) is 1. The maximum absolute atomic E-state index is 11.7. The molecule has 0 saturated heterocycles. The molecule has 0 aliphatic heterocycles. The summed E-state index contributed by atoms with van der Waals surface area (Å²) >= 11 is 0. The number of likely N-dealkylation sites (N-methyl/N-ethyl adjacent to an activating group) is 1. The molecule has 0 aromatic rings. The molecule has 100 valence electrons. The number of amides is 2. The monoisotopic (exact) mass is 248 g/mol. The molecule has 0 aromatic heterocycles. The first-order valence-electron chi connectivity index (χ1n) is 5.37. The molecule has 0 fully saturated rings. The molecule has 0 heterocycles. The van der Waals surface area contributed by atoms with Gasteiger partial charge in [0.1, 0.15) is 0 Å². The van der Waals surface area contributed by atoms with Gasteiger partial charge in [-0.2, -0.15) is 0 Å². The lowest BCUT2D eigenvalue weighted by atomic mass is 10.3. The Morgan fingerprint density at radius 3 is 2.41 bits per heavy atom. The van der Waals surface area contributed by atoms with E-state index in [0.29, 0.717) is 13.2 Å². The lowest BCUT2D eigenvalue weighted by molar-refractivity contribution is -0.140. The van der Waals surface area contributed by atoms with Gasteiger partial charge in [0, 0.05) is 13.7 Å². The first-order valence-corrected chi connectivity index (χ1v) is 5.37. The van der Waals surface area contributed by atoms with Crippen LogP contribution in [0.1, 0.15) is 13.8 Å². The van der Waals surface area contributed by atoms with Gasteiger partial charge in [0.15, 0.2) is 6.04 Å². The van der Waals surface area contributed by atoms with E-state index in [2.05, 4.69) is 5.32 Å². The molecule has 0 rings (SSSR count). The van der Waals surface area contributed by atoms with Crippen LogP contribution in [0.5, 0.6) is 0 Å². The van der Waals surface area contributed by atoms with E-state index in [-0.39, 0.29) is 6.04 Å². The number of carbonyl (C=O) groups is 2. The fourth-order valence-corrected chi connectivity index (χ4v) is 1.40. The van der Waals surface area contributed by atoms with Gasteiger partial charge in [-0.05, 0) is 13.8 Å². The largest absolute Gasteiger partial charge is 0.480 e. The summed E-state index contributed by atoms with van der Waals surface area (Å²) < 4.78 is 4.93. The van der Waals surface area contributed by atoms with Crippen molar-refractivity contribution in [3.05, 3.63) is 0 Å².